The molecule has 0 aliphatic carbocycles. The minimum Gasteiger partial charge on any atom is -0.400 e. The van der Waals surface area contributed by atoms with Crippen LogP contribution in [-0.2, 0) is 67.7 Å². The number of fused-ring (bicyclic) bond motifs is 3. The first-order valence-electron chi connectivity index (χ1n) is 30.4. The third kappa shape index (κ3) is 8.91. The smallest absolute Gasteiger partial charge is 0.259 e. The number of amides is 6. The predicted octanol–water partition coefficient (Wildman–Crippen LogP) is 11.5. The number of H-pyrrole nitrogens is 3. The van der Waals surface area contributed by atoms with E-state index in [-0.39, 0.29) is 35.4 Å². The Balaban J connectivity index is 0.000000113. The minimum absolute atomic E-state index is 0.205. The first-order chi connectivity index (χ1) is 43.2. The number of nitrogens with zero attached hydrogens (tertiary/aromatic N) is 3. The first kappa shape index (κ1) is 55.5. The van der Waals surface area contributed by atoms with E-state index in [1.54, 1.807) is 0 Å². The summed E-state index contributed by atoms with van der Waals surface area (Å²) >= 11 is 0. The van der Waals surface area contributed by atoms with E-state index in [4.69, 9.17) is 5.11 Å². The number of hydrogen-bond acceptors (Lipinski definition) is 7. The molecule has 7 N–H and O–H groups in total. The lowest BCUT2D eigenvalue weighted by molar-refractivity contribution is -0.127. The summed E-state index contributed by atoms with van der Waals surface area (Å²) in [6.07, 6.45) is 18.2. The molecule has 16 nitrogen and oxygen atoms in total. The number of nitrogens with one attached hydrogen (secondary N) is 6. The fourth-order valence-corrected chi connectivity index (χ4v) is 14.9. The SMILES string of the molecule is CC.CO.O=C1NC(=O)C(c2cn3c4c(cccc24)CCC3)=C1c1c[nH]c2ccccc12.O=C1NC(=O)[C@@H](c2c[nH]c3ccccc23)[C@H]1c1cn2c3c(cccc13)CCC2.O=C1NC(=O)[C@@H](c2cn3c4c(cccc24)CCC3)[C@H]1c1c[nH]c2ccccc12. The Morgan fingerprint density at radius 2 is 0.716 bits per heavy atom. The lowest BCUT2D eigenvalue weighted by Crippen LogP contribution is -2.22. The van der Waals surface area contributed by atoms with E-state index in [0.717, 1.165) is 148 Å². The molecule has 0 unspecified atom stereocenters. The third-order valence-electron chi connectivity index (χ3n) is 18.5. The maximum absolute atomic E-state index is 12.9. The lowest BCUT2D eigenvalue weighted by atomic mass is 9.83. The standard InChI is InChI=1S/2C23H19N3O2.C23H17N3O2.C2H6.CH4O/c3*27-22-19(16-11-24-18-9-2-1-7-14(16)18)20(23(28)25-22)17-12-26-10-4-6-13-5-3-8-15(17)21(13)26;2*1-2/h2*1-3,5,7-9,11-12,19-20,24H,4,6,10H2,(H,25,27,28);1-3,5,7-9,11-12,24H,4,6,10H2,(H,25,27,28);1-2H3;2H,1H3/t2*19-,20+;;;/m10.../s1. The van der Waals surface area contributed by atoms with Crippen LogP contribution in [-0.4, -0.2) is 76.3 Å². The van der Waals surface area contributed by atoms with Crippen LogP contribution < -0.4 is 16.0 Å². The molecule has 0 spiro atoms. The van der Waals surface area contributed by atoms with Crippen LogP contribution in [0.15, 0.2) is 165 Å². The van der Waals surface area contributed by atoms with Gasteiger partial charge in [-0.1, -0.05) is 123 Å². The van der Waals surface area contributed by atoms with E-state index < -0.39 is 23.7 Å². The van der Waals surface area contributed by atoms with Gasteiger partial charge in [-0.3, -0.25) is 44.7 Å². The number of rotatable bonds is 6. The van der Waals surface area contributed by atoms with Crippen molar-refractivity contribution in [2.45, 2.75) is 95.7 Å². The molecule has 88 heavy (non-hydrogen) atoms. The zero-order chi connectivity index (χ0) is 60.5. The Morgan fingerprint density at radius 3 is 1.18 bits per heavy atom. The van der Waals surface area contributed by atoms with E-state index in [1.807, 2.05) is 124 Å². The molecule has 6 aromatic carbocycles. The Labute approximate surface area is 505 Å². The van der Waals surface area contributed by atoms with Crippen LogP contribution in [0.4, 0.5) is 0 Å². The maximum Gasteiger partial charge on any atom is 0.259 e. The van der Waals surface area contributed by atoms with Gasteiger partial charge in [-0.05, 0) is 95.7 Å². The summed E-state index contributed by atoms with van der Waals surface area (Å²) in [5, 5.41) is 20.9. The van der Waals surface area contributed by atoms with Gasteiger partial charge in [-0.15, -0.1) is 0 Å². The molecular weight excluding hydrogens is 1100 g/mol. The lowest BCUT2D eigenvalue weighted by Gasteiger charge is -2.15. The molecule has 12 heterocycles. The van der Waals surface area contributed by atoms with E-state index in [9.17, 15) is 28.8 Å². The van der Waals surface area contributed by atoms with Gasteiger partial charge in [-0.25, -0.2) is 0 Å². The molecule has 2 fully saturated rings. The van der Waals surface area contributed by atoms with Gasteiger partial charge in [0.25, 0.3) is 11.8 Å². The number of imide groups is 3. The Morgan fingerprint density at radius 1 is 0.364 bits per heavy atom. The number of para-hydroxylation sites is 6. The van der Waals surface area contributed by atoms with Crippen LogP contribution in [0, 0.1) is 0 Å². The van der Waals surface area contributed by atoms with Crippen molar-refractivity contribution in [2.24, 2.45) is 0 Å². The molecule has 4 atom stereocenters. The molecular formula is C72H65N9O7. The van der Waals surface area contributed by atoms with E-state index in [1.165, 1.54) is 33.2 Å². The van der Waals surface area contributed by atoms with Crippen molar-refractivity contribution in [1.82, 2.24) is 44.6 Å². The number of aromatic amines is 3. The van der Waals surface area contributed by atoms with Crippen LogP contribution in [0.2, 0.25) is 0 Å². The third-order valence-corrected chi connectivity index (χ3v) is 18.5. The summed E-state index contributed by atoms with van der Waals surface area (Å²) in [5.74, 6) is -3.57. The fraction of sp³-hybridized carbons (Fsp3) is 0.222. The molecule has 0 bridgehead atoms. The normalized spacial score (nSPS) is 19.1. The second kappa shape index (κ2) is 22.5. The molecule has 18 rings (SSSR count). The molecule has 6 amide bonds. The summed E-state index contributed by atoms with van der Waals surface area (Å²) in [5.41, 5.74) is 16.7. The summed E-state index contributed by atoms with van der Waals surface area (Å²) in [6.45, 7) is 6.83. The number of carbonyl (C=O) groups is 6. The maximum atomic E-state index is 12.9. The summed E-state index contributed by atoms with van der Waals surface area (Å²) in [7, 11) is 1.00. The van der Waals surface area contributed by atoms with Crippen molar-refractivity contribution in [3.63, 3.8) is 0 Å². The predicted molar refractivity (Wildman–Crippen MR) is 342 cm³/mol. The first-order valence-corrected chi connectivity index (χ1v) is 30.4. The van der Waals surface area contributed by atoms with E-state index in [2.05, 4.69) is 99.5 Å². The van der Waals surface area contributed by atoms with Gasteiger partial charge in [-0.2, -0.15) is 0 Å². The number of aliphatic hydroxyl groups is 1. The molecule has 0 saturated carbocycles. The topological polar surface area (TPSA) is 221 Å². The Hall–Kier alpha value is -10.3. The van der Waals surface area contributed by atoms with Gasteiger partial charge in [0.15, 0.2) is 0 Å². The van der Waals surface area contributed by atoms with Gasteiger partial charge in [0, 0.05) is 124 Å². The molecule has 6 aliphatic rings. The van der Waals surface area contributed by atoms with Crippen LogP contribution in [0.5, 0.6) is 0 Å². The molecule has 440 valence electrons. The molecule has 6 aliphatic heterocycles. The molecule has 2 saturated heterocycles. The number of aromatic nitrogens is 6. The monoisotopic (exact) mass is 1170 g/mol. The second-order valence-electron chi connectivity index (χ2n) is 23.0. The Kier molecular flexibility index (Phi) is 14.2. The highest BCUT2D eigenvalue weighted by atomic mass is 16.2. The van der Waals surface area contributed by atoms with Crippen LogP contribution in [0.25, 0.3) is 76.6 Å². The largest absolute Gasteiger partial charge is 0.400 e. The van der Waals surface area contributed by atoms with Gasteiger partial charge < -0.3 is 33.8 Å². The summed E-state index contributed by atoms with van der Waals surface area (Å²) in [6, 6.07) is 42.5. The van der Waals surface area contributed by atoms with Crippen molar-refractivity contribution in [2.75, 3.05) is 7.11 Å². The van der Waals surface area contributed by atoms with Crippen molar-refractivity contribution in [1.29, 1.82) is 0 Å². The van der Waals surface area contributed by atoms with E-state index >= 15 is 0 Å². The number of hydrogen-bond donors (Lipinski definition) is 7. The molecule has 16 heteroatoms. The Bertz CT molecular complexity index is 4680. The quantitative estimate of drug-likeness (QED) is 0.0798. The number of benzene rings is 6. The van der Waals surface area contributed by atoms with Crippen molar-refractivity contribution in [3.05, 3.63) is 215 Å². The van der Waals surface area contributed by atoms with Gasteiger partial charge in [0.1, 0.15) is 0 Å². The average Bonchev–Trinajstić information content (AvgIpc) is 1.89. The van der Waals surface area contributed by atoms with Crippen LogP contribution >= 0.6 is 0 Å². The van der Waals surface area contributed by atoms with E-state index in [0.29, 0.717) is 11.1 Å². The zero-order valence-corrected chi connectivity index (χ0v) is 49.0. The zero-order valence-electron chi connectivity index (χ0n) is 49.0. The summed E-state index contributed by atoms with van der Waals surface area (Å²) < 4.78 is 6.73. The van der Waals surface area contributed by atoms with Crippen molar-refractivity contribution in [3.8, 4) is 0 Å². The molecule has 6 aromatic heterocycles. The van der Waals surface area contributed by atoms with Gasteiger partial charge in [0.2, 0.25) is 23.6 Å². The highest BCUT2D eigenvalue weighted by Gasteiger charge is 2.47. The second-order valence-corrected chi connectivity index (χ2v) is 23.0. The van der Waals surface area contributed by atoms with Crippen LogP contribution in [0.1, 0.15) is 107 Å². The van der Waals surface area contributed by atoms with Crippen molar-refractivity contribution < 1.29 is 33.9 Å². The highest BCUT2D eigenvalue weighted by molar-refractivity contribution is 6.51. The number of aliphatic hydroxyl groups excluding tert-OH is 1. The fourth-order valence-electron chi connectivity index (χ4n) is 14.9. The van der Waals surface area contributed by atoms with Crippen LogP contribution in [0.3, 0.4) is 0 Å². The molecule has 12 aromatic rings. The average molecular weight is 1170 g/mol. The highest BCUT2D eigenvalue weighted by Crippen LogP contribution is 2.47. The van der Waals surface area contributed by atoms with Gasteiger partial charge >= 0.3 is 0 Å². The number of aryl methyl sites for hydroxylation is 6. The number of carbonyl (C=O) groups excluding carboxylic acids is 6. The minimum atomic E-state index is -0.521. The molecule has 0 radical (unpaired) electrons. The van der Waals surface area contributed by atoms with Gasteiger partial charge in [0.05, 0.1) is 51.4 Å². The van der Waals surface area contributed by atoms with Crippen molar-refractivity contribution >= 4 is 112 Å². The summed E-state index contributed by atoms with van der Waals surface area (Å²) in [4.78, 5) is 86.9.